The molecule has 0 aromatic heterocycles. The molecule has 140 valence electrons. The lowest BCUT2D eigenvalue weighted by Gasteiger charge is -2.21. The molecule has 0 saturated heterocycles. The monoisotopic (exact) mass is 385 g/mol. The first kappa shape index (κ1) is 19.1. The van der Waals surface area contributed by atoms with Crippen LogP contribution in [0.3, 0.4) is 0 Å². The molecule has 0 radical (unpaired) electrons. The first-order valence-corrected chi connectivity index (χ1v) is 9.15. The summed E-state index contributed by atoms with van der Waals surface area (Å²) in [7, 11) is 0. The molecule has 2 amide bonds. The van der Waals surface area contributed by atoms with Crippen molar-refractivity contribution in [1.82, 2.24) is 4.90 Å². The number of halogens is 1. The minimum absolute atomic E-state index is 0.0259. The highest BCUT2D eigenvalue weighted by molar-refractivity contribution is 6.30. The standard InChI is InChI=1S/C21H20ClNO4/c1-13(2)18(14-7-9-15(22)10-8-14)21(26)27-12-11-23-19(24)16-5-3-4-6-17(16)20(23)25/h3-10,13,18H,11-12H2,1-2H3. The van der Waals surface area contributed by atoms with Gasteiger partial charge in [-0.05, 0) is 35.7 Å². The number of esters is 1. The molecule has 0 N–H and O–H groups in total. The number of benzene rings is 2. The van der Waals surface area contributed by atoms with E-state index in [4.69, 9.17) is 16.3 Å². The molecule has 2 aromatic carbocycles. The van der Waals surface area contributed by atoms with Gasteiger partial charge in [-0.2, -0.15) is 0 Å². The zero-order chi connectivity index (χ0) is 19.6. The van der Waals surface area contributed by atoms with Gasteiger partial charge in [0.1, 0.15) is 6.61 Å². The number of fused-ring (bicyclic) bond motifs is 1. The van der Waals surface area contributed by atoms with E-state index in [0.29, 0.717) is 16.1 Å². The quantitative estimate of drug-likeness (QED) is 0.558. The van der Waals surface area contributed by atoms with Crippen LogP contribution in [-0.4, -0.2) is 35.8 Å². The number of imide groups is 1. The fourth-order valence-electron chi connectivity index (χ4n) is 3.23. The Morgan fingerprint density at radius 1 is 1.00 bits per heavy atom. The second-order valence-corrected chi connectivity index (χ2v) is 7.18. The van der Waals surface area contributed by atoms with Gasteiger partial charge in [-0.25, -0.2) is 0 Å². The average Bonchev–Trinajstić information content (AvgIpc) is 2.88. The molecule has 27 heavy (non-hydrogen) atoms. The van der Waals surface area contributed by atoms with Gasteiger partial charge in [0.15, 0.2) is 0 Å². The van der Waals surface area contributed by atoms with Gasteiger partial charge < -0.3 is 4.74 Å². The maximum absolute atomic E-state index is 12.6. The predicted molar refractivity (Wildman–Crippen MR) is 102 cm³/mol. The van der Waals surface area contributed by atoms with Gasteiger partial charge in [0.05, 0.1) is 23.6 Å². The van der Waals surface area contributed by atoms with E-state index in [9.17, 15) is 14.4 Å². The number of nitrogens with zero attached hydrogens (tertiary/aromatic N) is 1. The van der Waals surface area contributed by atoms with Crippen LogP contribution in [0.15, 0.2) is 48.5 Å². The number of hydrogen-bond acceptors (Lipinski definition) is 4. The molecule has 0 fully saturated rings. The minimum atomic E-state index is -0.440. The van der Waals surface area contributed by atoms with Crippen LogP contribution in [0, 0.1) is 5.92 Å². The molecule has 0 bridgehead atoms. The Kier molecular flexibility index (Phi) is 5.61. The molecule has 1 heterocycles. The SMILES string of the molecule is CC(C)C(C(=O)OCCN1C(=O)c2ccccc2C1=O)c1ccc(Cl)cc1. The molecule has 0 spiro atoms. The van der Waals surface area contributed by atoms with Crippen LogP contribution in [-0.2, 0) is 9.53 Å². The van der Waals surface area contributed by atoms with Crippen LogP contribution in [0.4, 0.5) is 0 Å². The maximum atomic E-state index is 12.6. The molecule has 0 saturated carbocycles. The smallest absolute Gasteiger partial charge is 0.313 e. The fraction of sp³-hybridized carbons (Fsp3) is 0.286. The number of hydrogen-bond donors (Lipinski definition) is 0. The molecule has 1 aliphatic heterocycles. The molecule has 5 nitrogen and oxygen atoms in total. The molecule has 1 aliphatic rings. The number of ether oxygens (including phenoxy) is 1. The molecular weight excluding hydrogens is 366 g/mol. The van der Waals surface area contributed by atoms with Gasteiger partial charge >= 0.3 is 5.97 Å². The topological polar surface area (TPSA) is 63.7 Å². The Morgan fingerprint density at radius 2 is 1.56 bits per heavy atom. The fourth-order valence-corrected chi connectivity index (χ4v) is 3.36. The van der Waals surface area contributed by atoms with Gasteiger partial charge in [0, 0.05) is 5.02 Å². The first-order chi connectivity index (χ1) is 12.9. The van der Waals surface area contributed by atoms with E-state index in [1.165, 1.54) is 0 Å². The summed E-state index contributed by atoms with van der Waals surface area (Å²) in [4.78, 5) is 38.4. The lowest BCUT2D eigenvalue weighted by atomic mass is 9.88. The van der Waals surface area contributed by atoms with Crippen molar-refractivity contribution in [1.29, 1.82) is 0 Å². The third kappa shape index (κ3) is 3.88. The summed E-state index contributed by atoms with van der Waals surface area (Å²) in [6, 6.07) is 13.8. The van der Waals surface area contributed by atoms with Gasteiger partial charge in [-0.3, -0.25) is 19.3 Å². The molecule has 2 aromatic rings. The maximum Gasteiger partial charge on any atom is 0.313 e. The molecule has 0 aliphatic carbocycles. The van der Waals surface area contributed by atoms with E-state index in [1.807, 2.05) is 13.8 Å². The zero-order valence-electron chi connectivity index (χ0n) is 15.1. The number of amides is 2. The Balaban J connectivity index is 1.63. The second kappa shape index (κ2) is 7.92. The van der Waals surface area contributed by atoms with E-state index in [0.717, 1.165) is 10.5 Å². The Labute approximate surface area is 162 Å². The molecular formula is C21H20ClNO4. The summed E-state index contributed by atoms with van der Waals surface area (Å²) in [5.41, 5.74) is 1.59. The van der Waals surface area contributed by atoms with E-state index < -0.39 is 5.92 Å². The van der Waals surface area contributed by atoms with Gasteiger partial charge in [0.2, 0.25) is 0 Å². The van der Waals surface area contributed by atoms with Crippen molar-refractivity contribution in [3.63, 3.8) is 0 Å². The van der Waals surface area contributed by atoms with Crippen LogP contribution in [0.1, 0.15) is 46.0 Å². The lowest BCUT2D eigenvalue weighted by Crippen LogP contribution is -2.34. The molecule has 3 rings (SSSR count). The van der Waals surface area contributed by atoms with E-state index in [2.05, 4.69) is 0 Å². The van der Waals surface area contributed by atoms with Gasteiger partial charge in [-0.15, -0.1) is 0 Å². The molecule has 1 unspecified atom stereocenters. The third-order valence-electron chi connectivity index (χ3n) is 4.59. The van der Waals surface area contributed by atoms with Crippen LogP contribution in [0.25, 0.3) is 0 Å². The third-order valence-corrected chi connectivity index (χ3v) is 4.84. The largest absolute Gasteiger partial charge is 0.463 e. The first-order valence-electron chi connectivity index (χ1n) is 8.77. The van der Waals surface area contributed by atoms with Crippen LogP contribution in [0.2, 0.25) is 5.02 Å². The van der Waals surface area contributed by atoms with Crippen LogP contribution >= 0.6 is 11.6 Å². The highest BCUT2D eigenvalue weighted by atomic mass is 35.5. The van der Waals surface area contributed by atoms with Crippen molar-refractivity contribution in [3.05, 3.63) is 70.2 Å². The highest BCUT2D eigenvalue weighted by Gasteiger charge is 2.35. The van der Waals surface area contributed by atoms with Crippen molar-refractivity contribution in [2.45, 2.75) is 19.8 Å². The second-order valence-electron chi connectivity index (χ2n) is 6.75. The van der Waals surface area contributed by atoms with E-state index >= 15 is 0 Å². The van der Waals surface area contributed by atoms with E-state index in [-0.39, 0.29) is 36.9 Å². The van der Waals surface area contributed by atoms with Crippen molar-refractivity contribution in [2.75, 3.05) is 13.2 Å². The Morgan fingerprint density at radius 3 is 2.07 bits per heavy atom. The lowest BCUT2D eigenvalue weighted by molar-refractivity contribution is -0.146. The Hall–Kier alpha value is -2.66. The van der Waals surface area contributed by atoms with Crippen LogP contribution < -0.4 is 0 Å². The van der Waals surface area contributed by atoms with Crippen molar-refractivity contribution in [3.8, 4) is 0 Å². The zero-order valence-corrected chi connectivity index (χ0v) is 15.9. The Bertz CT molecular complexity index is 841. The average molecular weight is 386 g/mol. The molecule has 6 heteroatoms. The predicted octanol–water partition coefficient (Wildman–Crippen LogP) is 3.92. The number of carbonyl (C=O) groups excluding carboxylic acids is 3. The van der Waals surface area contributed by atoms with Crippen LogP contribution in [0.5, 0.6) is 0 Å². The summed E-state index contributed by atoms with van der Waals surface area (Å²) in [5, 5.41) is 0.597. The summed E-state index contributed by atoms with van der Waals surface area (Å²) >= 11 is 5.91. The highest BCUT2D eigenvalue weighted by Crippen LogP contribution is 2.27. The number of carbonyl (C=O) groups is 3. The number of rotatable bonds is 6. The van der Waals surface area contributed by atoms with Crippen molar-refractivity contribution < 1.29 is 19.1 Å². The summed E-state index contributed by atoms with van der Waals surface area (Å²) in [6.07, 6.45) is 0. The molecule has 1 atom stereocenters. The summed E-state index contributed by atoms with van der Waals surface area (Å²) in [6.45, 7) is 3.86. The van der Waals surface area contributed by atoms with Gasteiger partial charge in [0.25, 0.3) is 11.8 Å². The van der Waals surface area contributed by atoms with E-state index in [1.54, 1.807) is 48.5 Å². The summed E-state index contributed by atoms with van der Waals surface area (Å²) < 4.78 is 5.39. The normalized spacial score (nSPS) is 14.4. The van der Waals surface area contributed by atoms with Gasteiger partial charge in [-0.1, -0.05) is 49.7 Å². The van der Waals surface area contributed by atoms with Crippen molar-refractivity contribution >= 4 is 29.4 Å². The van der Waals surface area contributed by atoms with Crippen molar-refractivity contribution in [2.24, 2.45) is 5.92 Å². The summed E-state index contributed by atoms with van der Waals surface area (Å²) in [5.74, 6) is -1.51. The minimum Gasteiger partial charge on any atom is -0.463 e.